The van der Waals surface area contributed by atoms with Gasteiger partial charge in [0, 0.05) is 6.54 Å². The van der Waals surface area contributed by atoms with Gasteiger partial charge < -0.3 is 10.0 Å². The predicted octanol–water partition coefficient (Wildman–Crippen LogP) is 1.05. The summed E-state index contributed by atoms with van der Waals surface area (Å²) in [4.78, 5) is 2.24. The van der Waals surface area contributed by atoms with Gasteiger partial charge in [-0.1, -0.05) is 0 Å². The van der Waals surface area contributed by atoms with E-state index in [9.17, 15) is 4.39 Å². The van der Waals surface area contributed by atoms with Gasteiger partial charge in [0.05, 0.1) is 13.3 Å². The Hall–Kier alpha value is -0.150. The van der Waals surface area contributed by atoms with Crippen LogP contribution in [0.1, 0.15) is 19.3 Å². The van der Waals surface area contributed by atoms with E-state index in [1.807, 2.05) is 0 Å². The fourth-order valence-electron chi connectivity index (χ4n) is 1.79. The molecule has 3 heteroatoms. The number of piperidine rings is 1. The number of likely N-dealkylation sites (tertiary alicyclic amines) is 1. The molecule has 0 bridgehead atoms. The van der Waals surface area contributed by atoms with Crippen LogP contribution in [-0.4, -0.2) is 42.9 Å². The van der Waals surface area contributed by atoms with Gasteiger partial charge in [-0.3, -0.25) is 4.39 Å². The van der Waals surface area contributed by atoms with Crippen molar-refractivity contribution in [2.24, 2.45) is 5.92 Å². The van der Waals surface area contributed by atoms with Crippen LogP contribution in [0.5, 0.6) is 0 Å². The minimum Gasteiger partial charge on any atom is -0.395 e. The highest BCUT2D eigenvalue weighted by Gasteiger charge is 2.17. The fourth-order valence-corrected chi connectivity index (χ4v) is 1.79. The summed E-state index contributed by atoms with van der Waals surface area (Å²) in [7, 11) is 0. The van der Waals surface area contributed by atoms with Crippen molar-refractivity contribution in [3.8, 4) is 0 Å². The number of hydrogen-bond donors (Lipinski definition) is 1. The number of alkyl halides is 1. The van der Waals surface area contributed by atoms with Gasteiger partial charge in [-0.2, -0.15) is 0 Å². The molecule has 0 aliphatic carbocycles. The van der Waals surface area contributed by atoms with Gasteiger partial charge in [0.1, 0.15) is 0 Å². The van der Waals surface area contributed by atoms with E-state index in [1.165, 1.54) is 0 Å². The number of rotatable bonds is 4. The maximum atomic E-state index is 12.0. The number of hydrogen-bond acceptors (Lipinski definition) is 2. The molecule has 0 unspecified atom stereocenters. The van der Waals surface area contributed by atoms with Crippen LogP contribution >= 0.6 is 0 Å². The van der Waals surface area contributed by atoms with Gasteiger partial charge in [-0.15, -0.1) is 0 Å². The molecule has 0 aromatic heterocycles. The number of β-amino-alcohol motifs (C(OH)–C–C–N with tert-alkyl or cyclic N) is 1. The van der Waals surface area contributed by atoms with Crippen LogP contribution < -0.4 is 0 Å². The molecule has 0 saturated carbocycles. The molecule has 2 nitrogen and oxygen atoms in total. The second-order valence-corrected chi connectivity index (χ2v) is 3.49. The van der Waals surface area contributed by atoms with Crippen molar-refractivity contribution in [2.45, 2.75) is 19.3 Å². The summed E-state index contributed by atoms with van der Waals surface area (Å²) in [6.45, 7) is 2.91. The van der Waals surface area contributed by atoms with Gasteiger partial charge in [0.2, 0.25) is 0 Å². The minimum absolute atomic E-state index is 0.176. The van der Waals surface area contributed by atoms with Crippen molar-refractivity contribution in [1.82, 2.24) is 4.90 Å². The zero-order chi connectivity index (χ0) is 8.81. The monoisotopic (exact) mass is 175 g/mol. The Bertz CT molecular complexity index is 99.1. The Balaban J connectivity index is 2.11. The fraction of sp³-hybridized carbons (Fsp3) is 1.00. The average Bonchev–Trinajstić information content (AvgIpc) is 2.09. The van der Waals surface area contributed by atoms with Crippen LogP contribution in [0.25, 0.3) is 0 Å². The SMILES string of the molecule is OCCN1CCC(CCF)CC1. The largest absolute Gasteiger partial charge is 0.395 e. The normalized spacial score (nSPS) is 21.5. The molecule has 1 aliphatic rings. The van der Waals surface area contributed by atoms with Gasteiger partial charge in [0.15, 0.2) is 0 Å². The first-order valence-corrected chi connectivity index (χ1v) is 4.76. The second-order valence-electron chi connectivity index (χ2n) is 3.49. The smallest absolute Gasteiger partial charge is 0.0897 e. The van der Waals surface area contributed by atoms with Crippen molar-refractivity contribution in [3.63, 3.8) is 0 Å². The lowest BCUT2D eigenvalue weighted by Gasteiger charge is -2.30. The molecule has 0 aromatic carbocycles. The first kappa shape index (κ1) is 9.93. The molecule has 0 aromatic rings. The molecule has 12 heavy (non-hydrogen) atoms. The van der Waals surface area contributed by atoms with Crippen molar-refractivity contribution in [2.75, 3.05) is 32.9 Å². The summed E-state index contributed by atoms with van der Waals surface area (Å²) in [5, 5.41) is 8.69. The number of aliphatic hydroxyl groups excluding tert-OH is 1. The lowest BCUT2D eigenvalue weighted by atomic mass is 9.94. The third kappa shape index (κ3) is 3.07. The van der Waals surface area contributed by atoms with Gasteiger partial charge in [-0.25, -0.2) is 0 Å². The van der Waals surface area contributed by atoms with E-state index in [1.54, 1.807) is 0 Å². The zero-order valence-electron chi connectivity index (χ0n) is 7.51. The maximum Gasteiger partial charge on any atom is 0.0897 e. The molecule has 1 N–H and O–H groups in total. The van der Waals surface area contributed by atoms with Gasteiger partial charge in [0.25, 0.3) is 0 Å². The Morgan fingerprint density at radius 1 is 1.33 bits per heavy atom. The number of halogens is 1. The van der Waals surface area contributed by atoms with Crippen LogP contribution in [0.4, 0.5) is 4.39 Å². The highest BCUT2D eigenvalue weighted by molar-refractivity contribution is 4.71. The molecular formula is C9H18FNO. The van der Waals surface area contributed by atoms with E-state index in [4.69, 9.17) is 5.11 Å². The summed E-state index contributed by atoms with van der Waals surface area (Å²) in [5.74, 6) is 0.588. The van der Waals surface area contributed by atoms with E-state index in [0.29, 0.717) is 5.92 Å². The number of aliphatic hydroxyl groups is 1. The van der Waals surface area contributed by atoms with Crippen LogP contribution in [0, 0.1) is 5.92 Å². The maximum absolute atomic E-state index is 12.0. The van der Waals surface area contributed by atoms with Crippen molar-refractivity contribution >= 4 is 0 Å². The van der Waals surface area contributed by atoms with Crippen LogP contribution in [0.3, 0.4) is 0 Å². The Labute approximate surface area is 73.4 Å². The van der Waals surface area contributed by atoms with Crippen LogP contribution in [0.2, 0.25) is 0 Å². The Kier molecular flexibility index (Phi) is 4.54. The van der Waals surface area contributed by atoms with Crippen LogP contribution in [0.15, 0.2) is 0 Å². The molecule has 0 radical (unpaired) electrons. The molecule has 1 rings (SSSR count). The first-order valence-electron chi connectivity index (χ1n) is 4.76. The summed E-state index contributed by atoms with van der Waals surface area (Å²) >= 11 is 0. The molecular weight excluding hydrogens is 157 g/mol. The van der Waals surface area contributed by atoms with E-state index >= 15 is 0 Å². The van der Waals surface area contributed by atoms with E-state index in [-0.39, 0.29) is 13.3 Å². The second kappa shape index (κ2) is 5.49. The molecule has 0 spiro atoms. The van der Waals surface area contributed by atoms with Crippen molar-refractivity contribution < 1.29 is 9.50 Å². The summed E-state index contributed by atoms with van der Waals surface area (Å²) in [6, 6.07) is 0. The Morgan fingerprint density at radius 2 is 2.00 bits per heavy atom. The summed E-state index contributed by atoms with van der Waals surface area (Å²) in [5.41, 5.74) is 0. The standard InChI is InChI=1S/C9H18FNO/c10-4-1-9-2-5-11(6-3-9)7-8-12/h9,12H,1-8H2. The number of nitrogens with zero attached hydrogens (tertiary/aromatic N) is 1. The van der Waals surface area contributed by atoms with Gasteiger partial charge >= 0.3 is 0 Å². The third-order valence-electron chi connectivity index (χ3n) is 2.64. The first-order chi connectivity index (χ1) is 5.86. The molecule has 1 heterocycles. The molecule has 0 amide bonds. The lowest BCUT2D eigenvalue weighted by molar-refractivity contribution is 0.141. The highest BCUT2D eigenvalue weighted by Crippen LogP contribution is 2.19. The minimum atomic E-state index is -0.176. The lowest BCUT2D eigenvalue weighted by Crippen LogP contribution is -2.35. The predicted molar refractivity (Wildman–Crippen MR) is 46.8 cm³/mol. The topological polar surface area (TPSA) is 23.5 Å². The van der Waals surface area contributed by atoms with E-state index in [2.05, 4.69) is 4.90 Å². The molecule has 72 valence electrons. The third-order valence-corrected chi connectivity index (χ3v) is 2.64. The summed E-state index contributed by atoms with van der Waals surface area (Å²) in [6.07, 6.45) is 2.93. The molecule has 1 fully saturated rings. The summed E-state index contributed by atoms with van der Waals surface area (Å²) < 4.78 is 12.0. The van der Waals surface area contributed by atoms with Gasteiger partial charge in [-0.05, 0) is 38.3 Å². The Morgan fingerprint density at radius 3 is 2.50 bits per heavy atom. The van der Waals surface area contributed by atoms with Crippen molar-refractivity contribution in [1.29, 1.82) is 0 Å². The highest BCUT2D eigenvalue weighted by atomic mass is 19.1. The van der Waals surface area contributed by atoms with Crippen molar-refractivity contribution in [3.05, 3.63) is 0 Å². The molecule has 0 atom stereocenters. The molecule has 1 saturated heterocycles. The van der Waals surface area contributed by atoms with E-state index < -0.39 is 0 Å². The van der Waals surface area contributed by atoms with Crippen LogP contribution in [-0.2, 0) is 0 Å². The van der Waals surface area contributed by atoms with E-state index in [0.717, 1.165) is 38.9 Å². The quantitative estimate of drug-likeness (QED) is 0.690. The molecule has 1 aliphatic heterocycles. The average molecular weight is 175 g/mol. The zero-order valence-corrected chi connectivity index (χ0v) is 7.51.